The summed E-state index contributed by atoms with van der Waals surface area (Å²) in [6.45, 7) is 7.44. The molecule has 2 fully saturated rings. The van der Waals surface area contributed by atoms with Gasteiger partial charge in [-0.25, -0.2) is 20.7 Å². The fraction of sp³-hybridized carbons (Fsp3) is 0.440. The van der Waals surface area contributed by atoms with E-state index in [1.807, 2.05) is 43.0 Å². The molecule has 0 spiro atoms. The Kier molecular flexibility index (Phi) is 9.82. The Morgan fingerprint density at radius 1 is 1.14 bits per heavy atom. The predicted octanol–water partition coefficient (Wildman–Crippen LogP) is 1.28. The summed E-state index contributed by atoms with van der Waals surface area (Å²) in [7, 11) is -1.76. The van der Waals surface area contributed by atoms with Gasteiger partial charge in [0.2, 0.25) is 0 Å². The average Bonchev–Trinajstić information content (AvgIpc) is 2.85. The van der Waals surface area contributed by atoms with Crippen molar-refractivity contribution in [3.63, 3.8) is 0 Å². The van der Waals surface area contributed by atoms with Gasteiger partial charge in [0.15, 0.2) is 11.8 Å². The third-order valence-corrected chi connectivity index (χ3v) is 7.63. The molecule has 0 aromatic heterocycles. The number of benzene rings is 2. The van der Waals surface area contributed by atoms with E-state index in [-0.39, 0.29) is 11.8 Å². The average molecular weight is 514 g/mol. The molecule has 10 nitrogen and oxygen atoms in total. The minimum absolute atomic E-state index is 0.104. The van der Waals surface area contributed by atoms with Crippen LogP contribution in [0.4, 0.5) is 0 Å². The lowest BCUT2D eigenvalue weighted by Gasteiger charge is -2.39. The van der Waals surface area contributed by atoms with Gasteiger partial charge in [0.05, 0.1) is 4.90 Å². The number of hydrazone groups is 1. The highest BCUT2D eigenvalue weighted by molar-refractivity contribution is 7.82. The monoisotopic (exact) mass is 513 g/mol. The van der Waals surface area contributed by atoms with E-state index in [0.717, 1.165) is 62.1 Å². The Balaban J connectivity index is 0.00000176. The van der Waals surface area contributed by atoms with Gasteiger partial charge >= 0.3 is 0 Å². The number of likely N-dealkylation sites (tertiary alicyclic amines) is 1. The summed E-state index contributed by atoms with van der Waals surface area (Å²) >= 11 is 0. The Morgan fingerprint density at radius 3 is 2.33 bits per heavy atom. The number of nitrogens with zero attached hydrogens (tertiary/aromatic N) is 2. The second-order valence-corrected chi connectivity index (χ2v) is 9.91. The number of rotatable bonds is 7. The Bertz CT molecular complexity index is 1090. The predicted molar refractivity (Wildman–Crippen MR) is 147 cm³/mol. The van der Waals surface area contributed by atoms with Gasteiger partial charge in [0, 0.05) is 24.6 Å². The zero-order valence-electron chi connectivity index (χ0n) is 21.1. The molecule has 2 aliphatic rings. The zero-order valence-corrected chi connectivity index (χ0v) is 21.9. The van der Waals surface area contributed by atoms with Gasteiger partial charge in [-0.05, 0) is 60.5 Å². The Morgan fingerprint density at radius 2 is 1.78 bits per heavy atom. The molecule has 196 valence electrons. The van der Waals surface area contributed by atoms with Crippen LogP contribution in [0.3, 0.4) is 0 Å². The molecule has 1 atom stereocenters. The molecule has 11 heteroatoms. The van der Waals surface area contributed by atoms with Crippen molar-refractivity contribution in [2.24, 2.45) is 33.5 Å². The summed E-state index contributed by atoms with van der Waals surface area (Å²) in [6.07, 6.45) is 2.90. The van der Waals surface area contributed by atoms with Crippen LogP contribution in [-0.2, 0) is 17.4 Å². The van der Waals surface area contributed by atoms with Crippen molar-refractivity contribution in [2.75, 3.05) is 26.2 Å². The van der Waals surface area contributed by atoms with Crippen molar-refractivity contribution in [2.45, 2.75) is 43.9 Å². The Labute approximate surface area is 215 Å². The number of nitrogens with one attached hydrogen (secondary N) is 3. The molecule has 4 rings (SSSR count). The first-order valence-electron chi connectivity index (χ1n) is 12.4. The second-order valence-electron chi connectivity index (χ2n) is 8.91. The molecule has 0 amide bonds. The maximum Gasteiger partial charge on any atom is 0.188 e. The van der Waals surface area contributed by atoms with Crippen LogP contribution in [0, 0.1) is 11.3 Å². The Hall–Kier alpha value is -2.99. The van der Waals surface area contributed by atoms with E-state index in [2.05, 4.69) is 28.1 Å². The molecule has 36 heavy (non-hydrogen) atoms. The van der Waals surface area contributed by atoms with Crippen LogP contribution >= 0.6 is 0 Å². The maximum atomic E-state index is 12.8. The van der Waals surface area contributed by atoms with Gasteiger partial charge in [-0.3, -0.25) is 5.41 Å². The SMILES string of the molecule is CC.N=C(N)N1CC(c2ccc(-c3ccc(CC4CCNCC4)c(S(N)=O)c3/C(N)=N/NN)cc2)C1. The first kappa shape index (κ1) is 27.6. The fourth-order valence-corrected chi connectivity index (χ4v) is 5.68. The van der Waals surface area contributed by atoms with E-state index in [1.54, 1.807) is 0 Å². The largest absolute Gasteiger partial charge is 0.382 e. The number of hydrazine groups is 1. The fourth-order valence-electron chi connectivity index (χ4n) is 4.85. The van der Waals surface area contributed by atoms with E-state index in [4.69, 9.17) is 27.9 Å². The highest BCUT2D eigenvalue weighted by Gasteiger charge is 2.29. The number of hydrogen-bond donors (Lipinski definition) is 7. The van der Waals surface area contributed by atoms with Crippen molar-refractivity contribution in [3.8, 4) is 11.1 Å². The van der Waals surface area contributed by atoms with Crippen molar-refractivity contribution in [1.29, 1.82) is 5.41 Å². The number of nitrogens with two attached hydrogens (primary N) is 4. The summed E-state index contributed by atoms with van der Waals surface area (Å²) in [6, 6.07) is 12.2. The van der Waals surface area contributed by atoms with Crippen LogP contribution in [0.2, 0.25) is 0 Å². The van der Waals surface area contributed by atoms with E-state index in [9.17, 15) is 4.21 Å². The molecular formula is C25H39N9OS. The normalized spacial score (nSPS) is 17.6. The molecule has 11 N–H and O–H groups in total. The molecular weight excluding hydrogens is 474 g/mol. The number of amidine groups is 1. The van der Waals surface area contributed by atoms with Crippen molar-refractivity contribution in [1.82, 2.24) is 15.8 Å². The highest BCUT2D eigenvalue weighted by Crippen LogP contribution is 2.34. The van der Waals surface area contributed by atoms with Crippen LogP contribution in [0.25, 0.3) is 11.1 Å². The third kappa shape index (κ3) is 6.22. The van der Waals surface area contributed by atoms with Gasteiger partial charge < -0.3 is 21.7 Å². The molecule has 0 radical (unpaired) electrons. The first-order valence-corrected chi connectivity index (χ1v) is 13.6. The molecule has 0 saturated carbocycles. The van der Waals surface area contributed by atoms with Crippen molar-refractivity contribution in [3.05, 3.63) is 53.1 Å². The quantitative estimate of drug-likeness (QED) is 0.126. The topological polar surface area (TPSA) is 185 Å². The molecule has 0 aliphatic carbocycles. The van der Waals surface area contributed by atoms with Crippen LogP contribution in [0.15, 0.2) is 46.4 Å². The second kappa shape index (κ2) is 12.8. The van der Waals surface area contributed by atoms with Crippen LogP contribution in [-0.4, -0.2) is 47.1 Å². The van der Waals surface area contributed by atoms with E-state index >= 15 is 0 Å². The summed E-state index contributed by atoms with van der Waals surface area (Å²) in [5.74, 6) is 6.49. The van der Waals surface area contributed by atoms with Gasteiger partial charge in [0.25, 0.3) is 0 Å². The van der Waals surface area contributed by atoms with Crippen molar-refractivity contribution < 1.29 is 4.21 Å². The van der Waals surface area contributed by atoms with Crippen LogP contribution in [0.1, 0.15) is 49.3 Å². The molecule has 2 saturated heterocycles. The molecule has 2 heterocycles. The summed E-state index contributed by atoms with van der Waals surface area (Å²) in [4.78, 5) is 2.34. The summed E-state index contributed by atoms with van der Waals surface area (Å²) in [5, 5.41) is 20.9. The standard InChI is InChI=1S/C23H33N9OS.C2H6/c24-22(30-31-27)20-19(16-3-1-15(2-4-16)18-12-32(13-18)23(25)26)6-5-17(21(20)34(28)33)11-14-7-9-29-10-8-14;1-2/h1-6,14,18,29,31H,7-13,27-28H2,(H2,24,30)(H3,25,26);1-2H3. The summed E-state index contributed by atoms with van der Waals surface area (Å²) < 4.78 is 12.8. The molecule has 2 aromatic carbocycles. The van der Waals surface area contributed by atoms with Gasteiger partial charge in [-0.2, -0.15) is 0 Å². The number of piperidine rings is 1. The third-order valence-electron chi connectivity index (χ3n) is 6.76. The lowest BCUT2D eigenvalue weighted by molar-refractivity contribution is 0.248. The minimum atomic E-state index is -1.76. The molecule has 2 aliphatic heterocycles. The van der Waals surface area contributed by atoms with E-state index < -0.39 is 11.0 Å². The summed E-state index contributed by atoms with van der Waals surface area (Å²) in [5.41, 5.74) is 18.5. The number of hydrogen-bond acceptors (Lipinski definition) is 6. The lowest BCUT2D eigenvalue weighted by atomic mass is 9.87. The van der Waals surface area contributed by atoms with Crippen molar-refractivity contribution >= 4 is 22.8 Å². The van der Waals surface area contributed by atoms with Gasteiger partial charge in [-0.1, -0.05) is 50.2 Å². The number of guanidine groups is 1. The van der Waals surface area contributed by atoms with E-state index in [0.29, 0.717) is 22.3 Å². The highest BCUT2D eigenvalue weighted by atomic mass is 32.2. The minimum Gasteiger partial charge on any atom is -0.382 e. The smallest absolute Gasteiger partial charge is 0.188 e. The zero-order chi connectivity index (χ0) is 26.2. The maximum absolute atomic E-state index is 12.8. The molecule has 2 aromatic rings. The molecule has 1 unspecified atom stereocenters. The molecule has 0 bridgehead atoms. The van der Waals surface area contributed by atoms with Crippen LogP contribution < -0.4 is 33.3 Å². The lowest BCUT2D eigenvalue weighted by Crippen LogP contribution is -2.51. The van der Waals surface area contributed by atoms with Gasteiger partial charge in [0.1, 0.15) is 11.0 Å². The van der Waals surface area contributed by atoms with E-state index in [1.165, 1.54) is 5.56 Å². The van der Waals surface area contributed by atoms with Crippen LogP contribution in [0.5, 0.6) is 0 Å². The van der Waals surface area contributed by atoms with Gasteiger partial charge in [-0.15, -0.1) is 5.10 Å². The first-order chi connectivity index (χ1) is 17.4.